The van der Waals surface area contributed by atoms with Crippen molar-refractivity contribution in [3.05, 3.63) is 28.2 Å². The second kappa shape index (κ2) is 9.82. The molecule has 0 atom stereocenters. The van der Waals surface area contributed by atoms with Crippen LogP contribution >= 0.6 is 15.9 Å². The van der Waals surface area contributed by atoms with Crippen molar-refractivity contribution in [1.82, 2.24) is 5.32 Å². The van der Waals surface area contributed by atoms with E-state index in [1.165, 1.54) is 6.92 Å². The summed E-state index contributed by atoms with van der Waals surface area (Å²) in [5.41, 5.74) is 1.52. The number of nitrogens with one attached hydrogen (secondary N) is 2. The van der Waals surface area contributed by atoms with E-state index >= 15 is 0 Å². The largest absolute Gasteiger partial charge is 0.456 e. The van der Waals surface area contributed by atoms with Crippen LogP contribution in [0.1, 0.15) is 25.3 Å². The molecule has 0 unspecified atom stereocenters. The number of benzene rings is 1. The van der Waals surface area contributed by atoms with Crippen LogP contribution in [0.5, 0.6) is 0 Å². The van der Waals surface area contributed by atoms with Gasteiger partial charge in [-0.15, -0.1) is 0 Å². The lowest BCUT2D eigenvalue weighted by atomic mass is 10.2. The number of esters is 1. The zero-order valence-corrected chi connectivity index (χ0v) is 15.1. The van der Waals surface area contributed by atoms with Gasteiger partial charge < -0.3 is 20.2 Å². The molecule has 24 heavy (non-hydrogen) atoms. The van der Waals surface area contributed by atoms with Crippen molar-refractivity contribution in [1.29, 1.82) is 0 Å². The summed E-state index contributed by atoms with van der Waals surface area (Å²) >= 11 is 3.33. The van der Waals surface area contributed by atoms with Crippen LogP contribution in [-0.2, 0) is 23.9 Å². The SMILES string of the molecule is CC(=O)CCC(=O)OCC(=O)NCC(=O)Nc1ccc(Br)cc1C. The van der Waals surface area contributed by atoms with Crippen LogP contribution in [0, 0.1) is 6.92 Å². The van der Waals surface area contributed by atoms with E-state index in [0.717, 1.165) is 10.0 Å². The molecule has 2 N–H and O–H groups in total. The highest BCUT2D eigenvalue weighted by Gasteiger charge is 2.10. The molecule has 0 aliphatic carbocycles. The summed E-state index contributed by atoms with van der Waals surface area (Å²) in [5.74, 6) is -1.74. The summed E-state index contributed by atoms with van der Waals surface area (Å²) in [7, 11) is 0. The Labute approximate surface area is 148 Å². The zero-order valence-electron chi connectivity index (χ0n) is 13.5. The van der Waals surface area contributed by atoms with Gasteiger partial charge in [0.05, 0.1) is 13.0 Å². The summed E-state index contributed by atoms with van der Waals surface area (Å²) in [5, 5.41) is 5.02. The molecular formula is C16H19BrN2O5. The summed E-state index contributed by atoms with van der Waals surface area (Å²) in [6.45, 7) is 2.49. The Hall–Kier alpha value is -2.22. The number of aryl methyl sites for hydroxylation is 1. The fraction of sp³-hybridized carbons (Fsp3) is 0.375. The molecule has 0 spiro atoms. The van der Waals surface area contributed by atoms with Gasteiger partial charge >= 0.3 is 5.97 Å². The minimum absolute atomic E-state index is 0.0635. The Morgan fingerprint density at radius 1 is 1.12 bits per heavy atom. The number of rotatable bonds is 8. The molecular weight excluding hydrogens is 380 g/mol. The van der Waals surface area contributed by atoms with Gasteiger partial charge in [-0.1, -0.05) is 15.9 Å². The molecule has 0 radical (unpaired) electrons. The maximum atomic E-state index is 11.8. The van der Waals surface area contributed by atoms with Crippen LogP contribution in [0.4, 0.5) is 5.69 Å². The van der Waals surface area contributed by atoms with E-state index in [9.17, 15) is 19.2 Å². The number of halogens is 1. The number of Topliss-reactive ketones (excluding diaryl/α,β-unsaturated/α-hetero) is 1. The highest BCUT2D eigenvalue weighted by Crippen LogP contribution is 2.19. The van der Waals surface area contributed by atoms with Crippen molar-refractivity contribution in [2.75, 3.05) is 18.5 Å². The zero-order chi connectivity index (χ0) is 18.1. The first kappa shape index (κ1) is 19.8. The predicted octanol–water partition coefficient (Wildman–Crippen LogP) is 1.72. The lowest BCUT2D eigenvalue weighted by molar-refractivity contribution is -0.149. The molecule has 2 amide bonds. The molecule has 0 saturated heterocycles. The summed E-state index contributed by atoms with van der Waals surface area (Å²) < 4.78 is 5.60. The van der Waals surface area contributed by atoms with Crippen molar-refractivity contribution >= 4 is 45.2 Å². The van der Waals surface area contributed by atoms with Gasteiger partial charge in [0.1, 0.15) is 5.78 Å². The molecule has 0 fully saturated rings. The van der Waals surface area contributed by atoms with Crippen LogP contribution in [-0.4, -0.2) is 36.7 Å². The van der Waals surface area contributed by atoms with Crippen LogP contribution in [0.25, 0.3) is 0 Å². The molecule has 0 aromatic heterocycles. The third-order valence-electron chi connectivity index (χ3n) is 2.95. The van der Waals surface area contributed by atoms with Gasteiger partial charge in [0.2, 0.25) is 5.91 Å². The topological polar surface area (TPSA) is 102 Å². The van der Waals surface area contributed by atoms with Crippen molar-refractivity contribution in [3.8, 4) is 0 Å². The molecule has 0 heterocycles. The lowest BCUT2D eigenvalue weighted by Crippen LogP contribution is -2.35. The second-order valence-corrected chi connectivity index (χ2v) is 6.06. The van der Waals surface area contributed by atoms with E-state index in [4.69, 9.17) is 4.74 Å². The van der Waals surface area contributed by atoms with E-state index in [1.807, 2.05) is 13.0 Å². The number of hydrogen-bond acceptors (Lipinski definition) is 5. The molecule has 130 valence electrons. The van der Waals surface area contributed by atoms with E-state index in [0.29, 0.717) is 5.69 Å². The van der Waals surface area contributed by atoms with Gasteiger partial charge in [0.15, 0.2) is 6.61 Å². The van der Waals surface area contributed by atoms with Crippen molar-refractivity contribution in [3.63, 3.8) is 0 Å². The summed E-state index contributed by atoms with van der Waals surface area (Å²) in [6, 6.07) is 5.40. The van der Waals surface area contributed by atoms with Crippen molar-refractivity contribution in [2.24, 2.45) is 0 Å². The highest BCUT2D eigenvalue weighted by molar-refractivity contribution is 9.10. The first-order valence-electron chi connectivity index (χ1n) is 7.25. The number of ketones is 1. The highest BCUT2D eigenvalue weighted by atomic mass is 79.9. The van der Waals surface area contributed by atoms with Gasteiger partial charge in [-0.2, -0.15) is 0 Å². The van der Waals surface area contributed by atoms with Crippen LogP contribution in [0.15, 0.2) is 22.7 Å². The lowest BCUT2D eigenvalue weighted by Gasteiger charge is -2.10. The minimum Gasteiger partial charge on any atom is -0.456 e. The maximum absolute atomic E-state index is 11.8. The second-order valence-electron chi connectivity index (χ2n) is 5.15. The quantitative estimate of drug-likeness (QED) is 0.649. The predicted molar refractivity (Wildman–Crippen MR) is 91.4 cm³/mol. The van der Waals surface area contributed by atoms with Crippen molar-refractivity contribution in [2.45, 2.75) is 26.7 Å². The third kappa shape index (κ3) is 7.87. The molecule has 0 aliphatic rings. The van der Waals surface area contributed by atoms with Gasteiger partial charge in [-0.05, 0) is 37.6 Å². The Morgan fingerprint density at radius 3 is 2.46 bits per heavy atom. The molecule has 7 nitrogen and oxygen atoms in total. The van der Waals surface area contributed by atoms with Gasteiger partial charge in [-0.3, -0.25) is 14.4 Å². The first-order chi connectivity index (χ1) is 11.3. The third-order valence-corrected chi connectivity index (χ3v) is 3.45. The van der Waals surface area contributed by atoms with Crippen LogP contribution in [0.2, 0.25) is 0 Å². The van der Waals surface area contributed by atoms with Gasteiger partial charge in [-0.25, -0.2) is 0 Å². The number of anilines is 1. The average Bonchev–Trinajstić information content (AvgIpc) is 2.51. The Balaban J connectivity index is 2.29. The monoisotopic (exact) mass is 398 g/mol. The molecule has 1 aromatic carbocycles. The number of ether oxygens (including phenoxy) is 1. The Kier molecular flexibility index (Phi) is 8.11. The molecule has 1 rings (SSSR count). The van der Waals surface area contributed by atoms with E-state index in [2.05, 4.69) is 26.6 Å². The number of amides is 2. The van der Waals surface area contributed by atoms with Crippen LogP contribution < -0.4 is 10.6 Å². The smallest absolute Gasteiger partial charge is 0.306 e. The standard InChI is InChI=1S/C16H19BrN2O5/c1-10-7-12(17)4-5-13(10)19-14(21)8-18-15(22)9-24-16(23)6-3-11(2)20/h4-5,7H,3,6,8-9H2,1-2H3,(H,18,22)(H,19,21). The Bertz CT molecular complexity index is 645. The number of carbonyl (C=O) groups is 4. The van der Waals surface area contributed by atoms with Gasteiger partial charge in [0.25, 0.3) is 5.91 Å². The van der Waals surface area contributed by atoms with E-state index < -0.39 is 24.4 Å². The number of hydrogen-bond donors (Lipinski definition) is 2. The summed E-state index contributed by atoms with van der Waals surface area (Å²) in [4.78, 5) is 45.3. The number of carbonyl (C=O) groups excluding carboxylic acids is 4. The molecule has 1 aromatic rings. The first-order valence-corrected chi connectivity index (χ1v) is 8.05. The normalized spacial score (nSPS) is 9.96. The van der Waals surface area contributed by atoms with E-state index in [1.54, 1.807) is 12.1 Å². The van der Waals surface area contributed by atoms with Crippen molar-refractivity contribution < 1.29 is 23.9 Å². The summed E-state index contributed by atoms with van der Waals surface area (Å²) in [6.07, 6.45) is 0.0152. The van der Waals surface area contributed by atoms with Gasteiger partial charge in [0, 0.05) is 16.6 Å². The maximum Gasteiger partial charge on any atom is 0.306 e. The molecule has 0 bridgehead atoms. The molecule has 8 heteroatoms. The average molecular weight is 399 g/mol. The Morgan fingerprint density at radius 2 is 1.83 bits per heavy atom. The van der Waals surface area contributed by atoms with Crippen LogP contribution in [0.3, 0.4) is 0 Å². The fourth-order valence-corrected chi connectivity index (χ4v) is 2.16. The molecule has 0 saturated carbocycles. The van der Waals surface area contributed by atoms with E-state index in [-0.39, 0.29) is 25.2 Å². The fourth-order valence-electron chi connectivity index (χ4n) is 1.69. The molecule has 0 aliphatic heterocycles. The minimum atomic E-state index is -0.629.